The van der Waals surface area contributed by atoms with Crippen molar-refractivity contribution in [3.63, 3.8) is 0 Å². The molecule has 0 radical (unpaired) electrons. The van der Waals surface area contributed by atoms with Crippen LogP contribution in [0.3, 0.4) is 0 Å². The van der Waals surface area contributed by atoms with Crippen LogP contribution >= 0.6 is 11.3 Å². The minimum absolute atomic E-state index is 0.223. The standard InChI is InChI=1S/C15H18N2O4S/c1-4-21-11-5-6-12-13(9-11)22-15(16-10(2)18)17(12)8-7-14(19)20-3/h5-6,9H,4,7-8H2,1-3H3. The molecule has 0 saturated heterocycles. The minimum atomic E-state index is -0.299. The van der Waals surface area contributed by atoms with E-state index in [2.05, 4.69) is 9.73 Å². The molecule has 0 aliphatic carbocycles. The number of fused-ring (bicyclic) bond motifs is 1. The van der Waals surface area contributed by atoms with Crippen LogP contribution in [0, 0.1) is 0 Å². The molecule has 2 aromatic rings. The Kier molecular flexibility index (Phi) is 5.32. The van der Waals surface area contributed by atoms with Gasteiger partial charge < -0.3 is 14.0 Å². The summed E-state index contributed by atoms with van der Waals surface area (Å²) in [5.41, 5.74) is 0.914. The molecule has 0 spiro atoms. The summed E-state index contributed by atoms with van der Waals surface area (Å²) in [7, 11) is 1.36. The lowest BCUT2D eigenvalue weighted by molar-refractivity contribution is -0.140. The SMILES string of the molecule is CCOc1ccc2c(c1)sc(=NC(C)=O)n2CCC(=O)OC. The maximum Gasteiger partial charge on any atom is 0.307 e. The normalized spacial score (nSPS) is 11.7. The fourth-order valence-electron chi connectivity index (χ4n) is 2.05. The van der Waals surface area contributed by atoms with Crippen molar-refractivity contribution < 1.29 is 19.1 Å². The van der Waals surface area contributed by atoms with Gasteiger partial charge in [-0.3, -0.25) is 9.59 Å². The number of nitrogens with zero attached hydrogens (tertiary/aromatic N) is 2. The maximum atomic E-state index is 11.4. The second kappa shape index (κ2) is 7.22. The maximum absolute atomic E-state index is 11.4. The van der Waals surface area contributed by atoms with Crippen LogP contribution < -0.4 is 9.54 Å². The molecule has 1 aromatic carbocycles. The number of ether oxygens (including phenoxy) is 2. The lowest BCUT2D eigenvalue weighted by Crippen LogP contribution is -2.18. The molecule has 0 unspecified atom stereocenters. The number of benzene rings is 1. The van der Waals surface area contributed by atoms with Crippen LogP contribution in [0.4, 0.5) is 0 Å². The predicted octanol–water partition coefficient (Wildman–Crippen LogP) is 2.11. The molecule has 6 nitrogen and oxygen atoms in total. The number of esters is 1. The number of hydrogen-bond donors (Lipinski definition) is 0. The van der Waals surface area contributed by atoms with Crippen molar-refractivity contribution in [3.8, 4) is 5.75 Å². The summed E-state index contributed by atoms with van der Waals surface area (Å²) < 4.78 is 13.0. The third-order valence-corrected chi connectivity index (χ3v) is 4.03. The van der Waals surface area contributed by atoms with E-state index in [9.17, 15) is 9.59 Å². The number of rotatable bonds is 5. The van der Waals surface area contributed by atoms with E-state index in [0.29, 0.717) is 18.0 Å². The molecule has 0 fully saturated rings. The van der Waals surface area contributed by atoms with E-state index in [1.165, 1.54) is 25.4 Å². The molecular weight excluding hydrogens is 304 g/mol. The van der Waals surface area contributed by atoms with Crippen molar-refractivity contribution in [1.29, 1.82) is 0 Å². The first-order chi connectivity index (χ1) is 10.5. The number of hydrogen-bond acceptors (Lipinski definition) is 5. The second-order valence-corrected chi connectivity index (χ2v) is 5.56. The van der Waals surface area contributed by atoms with E-state index in [0.717, 1.165) is 16.0 Å². The van der Waals surface area contributed by atoms with Gasteiger partial charge in [0.2, 0.25) is 5.91 Å². The second-order valence-electron chi connectivity index (χ2n) is 4.56. The molecule has 0 saturated carbocycles. The number of amides is 1. The zero-order valence-corrected chi connectivity index (χ0v) is 13.6. The molecule has 1 heterocycles. The summed E-state index contributed by atoms with van der Waals surface area (Å²) in [5.74, 6) is 0.195. The highest BCUT2D eigenvalue weighted by molar-refractivity contribution is 7.16. The third-order valence-electron chi connectivity index (χ3n) is 2.99. The van der Waals surface area contributed by atoms with Gasteiger partial charge in [-0.15, -0.1) is 0 Å². The van der Waals surface area contributed by atoms with Gasteiger partial charge in [-0.1, -0.05) is 11.3 Å². The van der Waals surface area contributed by atoms with E-state index >= 15 is 0 Å². The van der Waals surface area contributed by atoms with Crippen molar-refractivity contribution in [2.75, 3.05) is 13.7 Å². The van der Waals surface area contributed by atoms with Crippen LogP contribution in [0.25, 0.3) is 10.2 Å². The monoisotopic (exact) mass is 322 g/mol. The van der Waals surface area contributed by atoms with Gasteiger partial charge in [0.05, 0.1) is 30.4 Å². The fourth-order valence-corrected chi connectivity index (χ4v) is 3.18. The Morgan fingerprint density at radius 3 is 2.77 bits per heavy atom. The molecule has 0 N–H and O–H groups in total. The molecule has 0 bridgehead atoms. The van der Waals surface area contributed by atoms with Crippen LogP contribution in [-0.2, 0) is 20.9 Å². The zero-order valence-electron chi connectivity index (χ0n) is 12.8. The van der Waals surface area contributed by atoms with Gasteiger partial charge in [0.15, 0.2) is 4.80 Å². The first kappa shape index (κ1) is 16.2. The summed E-state index contributed by atoms with van der Waals surface area (Å²) in [6.07, 6.45) is 0.223. The van der Waals surface area contributed by atoms with Gasteiger partial charge in [0.25, 0.3) is 0 Å². The molecule has 0 aliphatic heterocycles. The Balaban J connectivity index is 2.49. The van der Waals surface area contributed by atoms with Crippen molar-refractivity contribution in [3.05, 3.63) is 23.0 Å². The molecule has 2 rings (SSSR count). The van der Waals surface area contributed by atoms with Crippen molar-refractivity contribution in [1.82, 2.24) is 4.57 Å². The van der Waals surface area contributed by atoms with Crippen molar-refractivity contribution >= 4 is 33.4 Å². The van der Waals surface area contributed by atoms with Crippen LogP contribution in [0.2, 0.25) is 0 Å². The third kappa shape index (κ3) is 3.73. The molecule has 118 valence electrons. The van der Waals surface area contributed by atoms with E-state index < -0.39 is 0 Å². The largest absolute Gasteiger partial charge is 0.494 e. The highest BCUT2D eigenvalue weighted by atomic mass is 32.1. The summed E-state index contributed by atoms with van der Waals surface area (Å²) in [5, 5.41) is 0. The smallest absolute Gasteiger partial charge is 0.307 e. The summed E-state index contributed by atoms with van der Waals surface area (Å²) in [6, 6.07) is 5.69. The van der Waals surface area contributed by atoms with Gasteiger partial charge in [0, 0.05) is 13.5 Å². The predicted molar refractivity (Wildman–Crippen MR) is 83.9 cm³/mol. The fraction of sp³-hybridized carbons (Fsp3) is 0.400. The van der Waals surface area contributed by atoms with Crippen LogP contribution in [0.15, 0.2) is 23.2 Å². The average molecular weight is 322 g/mol. The van der Waals surface area contributed by atoms with Crippen molar-refractivity contribution in [2.45, 2.75) is 26.8 Å². The Hall–Kier alpha value is -2.15. The number of aryl methyl sites for hydroxylation is 1. The van der Waals surface area contributed by atoms with E-state index in [4.69, 9.17) is 4.74 Å². The minimum Gasteiger partial charge on any atom is -0.494 e. The zero-order chi connectivity index (χ0) is 16.1. The highest BCUT2D eigenvalue weighted by Crippen LogP contribution is 2.23. The summed E-state index contributed by atoms with van der Waals surface area (Å²) >= 11 is 1.39. The average Bonchev–Trinajstić information content (AvgIpc) is 2.80. The van der Waals surface area contributed by atoms with E-state index in [1.807, 2.05) is 29.7 Å². The Labute approximate surface area is 132 Å². The van der Waals surface area contributed by atoms with Crippen LogP contribution in [0.1, 0.15) is 20.3 Å². The molecular formula is C15H18N2O4S. The topological polar surface area (TPSA) is 69.9 Å². The van der Waals surface area contributed by atoms with Gasteiger partial charge in [-0.05, 0) is 25.1 Å². The van der Waals surface area contributed by atoms with Gasteiger partial charge in [-0.25, -0.2) is 0 Å². The number of aromatic nitrogens is 1. The Bertz CT molecular complexity index is 760. The first-order valence-corrected chi connectivity index (χ1v) is 7.75. The first-order valence-electron chi connectivity index (χ1n) is 6.93. The quantitative estimate of drug-likeness (QED) is 0.791. The Morgan fingerprint density at radius 2 is 2.14 bits per heavy atom. The highest BCUT2D eigenvalue weighted by Gasteiger charge is 2.10. The van der Waals surface area contributed by atoms with Gasteiger partial charge >= 0.3 is 5.97 Å². The summed E-state index contributed by atoms with van der Waals surface area (Å²) in [4.78, 5) is 27.3. The number of thiazole rings is 1. The molecule has 22 heavy (non-hydrogen) atoms. The lowest BCUT2D eigenvalue weighted by Gasteiger charge is -2.05. The molecule has 1 aromatic heterocycles. The van der Waals surface area contributed by atoms with Crippen LogP contribution in [0.5, 0.6) is 5.75 Å². The molecule has 0 aliphatic rings. The number of methoxy groups -OCH3 is 1. The van der Waals surface area contributed by atoms with E-state index in [-0.39, 0.29) is 18.3 Å². The lowest BCUT2D eigenvalue weighted by atomic mass is 10.3. The molecule has 1 amide bonds. The molecule has 7 heteroatoms. The number of carbonyl (C=O) groups excluding carboxylic acids is 2. The number of carbonyl (C=O) groups is 2. The molecule has 0 atom stereocenters. The van der Waals surface area contributed by atoms with Gasteiger partial charge in [-0.2, -0.15) is 4.99 Å². The summed E-state index contributed by atoms with van der Waals surface area (Å²) in [6.45, 7) is 4.32. The van der Waals surface area contributed by atoms with Gasteiger partial charge in [0.1, 0.15) is 5.75 Å². The van der Waals surface area contributed by atoms with Crippen LogP contribution in [-0.4, -0.2) is 30.2 Å². The van der Waals surface area contributed by atoms with Crippen molar-refractivity contribution in [2.24, 2.45) is 4.99 Å². The van der Waals surface area contributed by atoms with E-state index in [1.54, 1.807) is 0 Å². The Morgan fingerprint density at radius 1 is 1.36 bits per heavy atom.